The number of ether oxygens (including phenoxy) is 1. The van der Waals surface area contributed by atoms with Crippen LogP contribution >= 0.6 is 0 Å². The van der Waals surface area contributed by atoms with Gasteiger partial charge in [0, 0.05) is 5.56 Å². The second kappa shape index (κ2) is 10.4. The lowest BCUT2D eigenvalue weighted by molar-refractivity contribution is 0.0118. The molecule has 37 heavy (non-hydrogen) atoms. The molecule has 0 saturated carbocycles. The van der Waals surface area contributed by atoms with Gasteiger partial charge in [-0.25, -0.2) is 4.79 Å². The predicted octanol–water partition coefficient (Wildman–Crippen LogP) is 4.94. The summed E-state index contributed by atoms with van der Waals surface area (Å²) in [6.07, 6.45) is -0.396. The van der Waals surface area contributed by atoms with Crippen LogP contribution in [-0.4, -0.2) is 41.6 Å². The fourth-order valence-corrected chi connectivity index (χ4v) is 9.74. The number of aromatic nitrogens is 1. The smallest absolute Gasteiger partial charge is 0.411 e. The summed E-state index contributed by atoms with van der Waals surface area (Å²) < 4.78 is 13.0. The van der Waals surface area contributed by atoms with Crippen LogP contribution in [0.4, 0.5) is 4.79 Å². The number of hydrogen-bond donors (Lipinski definition) is 1. The zero-order valence-corrected chi connectivity index (χ0v) is 23.7. The molecular formula is C30H38N2O4Si. The Balaban J connectivity index is 1.78. The molecule has 1 unspecified atom stereocenters. The van der Waals surface area contributed by atoms with E-state index in [9.17, 15) is 9.90 Å². The van der Waals surface area contributed by atoms with Crippen LogP contribution in [0.25, 0.3) is 0 Å². The normalized spacial score (nSPS) is 16.0. The lowest BCUT2D eigenvalue weighted by Gasteiger charge is -2.44. The van der Waals surface area contributed by atoms with Gasteiger partial charge in [0.2, 0.25) is 0 Å². The largest absolute Gasteiger partial charge is 0.444 e. The van der Waals surface area contributed by atoms with Gasteiger partial charge in [0.05, 0.1) is 37.2 Å². The van der Waals surface area contributed by atoms with E-state index in [2.05, 4.69) is 74.3 Å². The Hall–Kier alpha value is -3.00. The Morgan fingerprint density at radius 1 is 0.946 bits per heavy atom. The zero-order valence-electron chi connectivity index (χ0n) is 22.7. The highest BCUT2D eigenvalue weighted by molar-refractivity contribution is 6.99. The highest BCUT2D eigenvalue weighted by Crippen LogP contribution is 2.40. The van der Waals surface area contributed by atoms with Crippen molar-refractivity contribution in [1.29, 1.82) is 0 Å². The summed E-state index contributed by atoms with van der Waals surface area (Å²) in [5.41, 5.74) is 1.66. The summed E-state index contributed by atoms with van der Waals surface area (Å²) in [5, 5.41) is 11.8. The predicted molar refractivity (Wildman–Crippen MR) is 148 cm³/mol. The Morgan fingerprint density at radius 3 is 2.00 bits per heavy atom. The van der Waals surface area contributed by atoms with E-state index in [-0.39, 0.29) is 17.7 Å². The first-order chi connectivity index (χ1) is 17.5. The summed E-state index contributed by atoms with van der Waals surface area (Å²) in [6.45, 7) is 12.8. The lowest BCUT2D eigenvalue weighted by atomic mass is 10.1. The monoisotopic (exact) mass is 518 g/mol. The molecule has 4 rings (SSSR count). The maximum absolute atomic E-state index is 13.3. The van der Waals surface area contributed by atoms with E-state index in [0.717, 1.165) is 11.3 Å². The number of fused-ring (bicyclic) bond motifs is 1. The Bertz CT molecular complexity index is 1180. The van der Waals surface area contributed by atoms with E-state index >= 15 is 0 Å². The van der Waals surface area contributed by atoms with Crippen LogP contribution < -0.4 is 10.4 Å². The van der Waals surface area contributed by atoms with Crippen LogP contribution in [0.1, 0.15) is 64.5 Å². The molecule has 0 saturated heterocycles. The highest BCUT2D eigenvalue weighted by Gasteiger charge is 2.51. The molecule has 3 aromatic rings. The fourth-order valence-electron chi connectivity index (χ4n) is 5.17. The van der Waals surface area contributed by atoms with Crippen LogP contribution in [0.2, 0.25) is 5.04 Å². The van der Waals surface area contributed by atoms with Crippen LogP contribution in [-0.2, 0) is 22.3 Å². The number of carbonyl (C=O) groups is 1. The Kier molecular flexibility index (Phi) is 7.60. The van der Waals surface area contributed by atoms with E-state index in [1.54, 1.807) is 4.90 Å². The number of aliphatic hydroxyl groups is 1. The number of aliphatic hydroxyl groups excluding tert-OH is 1. The average Bonchev–Trinajstić information content (AvgIpc) is 3.22. The van der Waals surface area contributed by atoms with E-state index < -0.39 is 20.0 Å². The minimum absolute atomic E-state index is 0.150. The van der Waals surface area contributed by atoms with E-state index in [1.165, 1.54) is 10.4 Å². The van der Waals surface area contributed by atoms with Crippen LogP contribution in [0.5, 0.6) is 0 Å². The third-order valence-electron chi connectivity index (χ3n) is 6.79. The molecule has 2 heterocycles. The fraction of sp³-hybridized carbons (Fsp3) is 0.400. The van der Waals surface area contributed by atoms with Crippen molar-refractivity contribution in [2.75, 3.05) is 6.61 Å². The summed E-state index contributed by atoms with van der Waals surface area (Å²) in [5.74, 6) is 0. The molecule has 196 valence electrons. The van der Waals surface area contributed by atoms with E-state index in [0.29, 0.717) is 18.8 Å². The van der Waals surface area contributed by atoms with Gasteiger partial charge in [-0.2, -0.15) is 0 Å². The highest BCUT2D eigenvalue weighted by atomic mass is 28.4. The first-order valence-electron chi connectivity index (χ1n) is 12.8. The number of benzene rings is 2. The van der Waals surface area contributed by atoms with Gasteiger partial charge in [-0.3, -0.25) is 9.88 Å². The van der Waals surface area contributed by atoms with Crippen molar-refractivity contribution in [3.05, 3.63) is 89.7 Å². The van der Waals surface area contributed by atoms with E-state index in [1.807, 2.05) is 45.0 Å². The van der Waals surface area contributed by atoms with Gasteiger partial charge in [0.25, 0.3) is 8.32 Å². The molecule has 1 atom stereocenters. The third kappa shape index (κ3) is 5.49. The lowest BCUT2D eigenvalue weighted by Crippen LogP contribution is -2.67. The molecule has 7 heteroatoms. The molecule has 0 radical (unpaired) electrons. The quantitative estimate of drug-likeness (QED) is 0.468. The molecule has 0 bridgehead atoms. The third-order valence-corrected chi connectivity index (χ3v) is 11.8. The number of carbonyl (C=O) groups excluding carboxylic acids is 1. The van der Waals surface area contributed by atoms with Crippen molar-refractivity contribution in [1.82, 2.24) is 9.88 Å². The zero-order chi connectivity index (χ0) is 26.8. The number of pyridine rings is 1. The van der Waals surface area contributed by atoms with Crippen LogP contribution in [0, 0.1) is 0 Å². The summed E-state index contributed by atoms with van der Waals surface area (Å²) in [6, 6.07) is 24.4. The molecule has 0 spiro atoms. The number of nitrogens with zero attached hydrogens (tertiary/aromatic N) is 2. The second-order valence-electron chi connectivity index (χ2n) is 11.6. The first kappa shape index (κ1) is 27.0. The molecule has 1 N–H and O–H groups in total. The summed E-state index contributed by atoms with van der Waals surface area (Å²) in [4.78, 5) is 19.7. The Labute approximate surface area is 221 Å². The molecule has 2 aromatic carbocycles. The van der Waals surface area contributed by atoms with E-state index in [4.69, 9.17) is 9.16 Å². The van der Waals surface area contributed by atoms with Crippen molar-refractivity contribution in [3.63, 3.8) is 0 Å². The van der Waals surface area contributed by atoms with Gasteiger partial charge >= 0.3 is 6.09 Å². The molecule has 1 aliphatic heterocycles. The van der Waals surface area contributed by atoms with Gasteiger partial charge < -0.3 is 14.3 Å². The van der Waals surface area contributed by atoms with Crippen molar-refractivity contribution < 1.29 is 19.1 Å². The number of amides is 1. The molecule has 1 aromatic heterocycles. The van der Waals surface area contributed by atoms with Crippen LogP contribution in [0.3, 0.4) is 0 Å². The van der Waals surface area contributed by atoms with Crippen molar-refractivity contribution >= 4 is 24.8 Å². The molecule has 0 fully saturated rings. The van der Waals surface area contributed by atoms with Crippen molar-refractivity contribution in [2.45, 2.75) is 71.4 Å². The van der Waals surface area contributed by atoms with Crippen molar-refractivity contribution in [2.24, 2.45) is 0 Å². The van der Waals surface area contributed by atoms with Crippen molar-refractivity contribution in [3.8, 4) is 0 Å². The van der Waals surface area contributed by atoms with Gasteiger partial charge in [-0.05, 0) is 42.2 Å². The van der Waals surface area contributed by atoms with Gasteiger partial charge in [0.1, 0.15) is 5.60 Å². The minimum Gasteiger partial charge on any atom is -0.444 e. The Morgan fingerprint density at radius 2 is 1.51 bits per heavy atom. The average molecular weight is 519 g/mol. The molecule has 1 amide bonds. The maximum Gasteiger partial charge on any atom is 0.411 e. The number of hydrogen-bond acceptors (Lipinski definition) is 5. The second-order valence-corrected chi connectivity index (χ2v) is 15.9. The minimum atomic E-state index is -2.81. The topological polar surface area (TPSA) is 71.9 Å². The van der Waals surface area contributed by atoms with Crippen LogP contribution in [0.15, 0.2) is 72.8 Å². The van der Waals surface area contributed by atoms with Gasteiger partial charge in [-0.1, -0.05) is 87.5 Å². The molecule has 0 aliphatic carbocycles. The molecular weight excluding hydrogens is 480 g/mol. The standard InChI is InChI=1S/C30H38N2O4Si/c1-29(2,3)36-28(34)32-19-26-25(18-17-22(20-33)31-26)27(32)21-35-37(30(4,5)6,23-13-9-7-10-14-23)24-15-11-8-12-16-24/h7-18,27,33H,19-21H2,1-6H3. The molecule has 1 aliphatic rings. The van der Waals surface area contributed by atoms with Gasteiger partial charge in [0.15, 0.2) is 0 Å². The SMILES string of the molecule is CC(C)(C)OC(=O)N1Cc2nc(CO)ccc2C1CO[Si](c1ccccc1)(c1ccccc1)C(C)(C)C. The summed E-state index contributed by atoms with van der Waals surface area (Å²) >= 11 is 0. The number of rotatable bonds is 6. The summed E-state index contributed by atoms with van der Waals surface area (Å²) in [7, 11) is -2.81. The van der Waals surface area contributed by atoms with Gasteiger partial charge in [-0.15, -0.1) is 0 Å². The first-order valence-corrected chi connectivity index (χ1v) is 14.7. The maximum atomic E-state index is 13.3. The molecule has 6 nitrogen and oxygen atoms in total.